The molecule has 0 aliphatic carbocycles. The Morgan fingerprint density at radius 1 is 0.848 bits per heavy atom. The van der Waals surface area contributed by atoms with Crippen LogP contribution in [0.4, 0.5) is 21.9 Å². The van der Waals surface area contributed by atoms with Gasteiger partial charge in [-0.3, -0.25) is 14.9 Å². The van der Waals surface area contributed by atoms with Crippen molar-refractivity contribution in [3.05, 3.63) is 126 Å². The van der Waals surface area contributed by atoms with Crippen LogP contribution in [-0.4, -0.2) is 42.2 Å². The van der Waals surface area contributed by atoms with Crippen molar-refractivity contribution in [3.8, 4) is 11.5 Å². The Kier molecular flexibility index (Phi) is 12.3. The van der Waals surface area contributed by atoms with Crippen LogP contribution < -0.4 is 25.8 Å². The molecule has 10 heteroatoms. The SMILES string of the molecule is CC(=O)c1ccc(NC(=O)O[C@@H](c2ccc(OCCO)cc2)[C@H](CC/C=C/C(=O)Nc2ccccc2N)Oc2ccccc2)cc1. The highest BCUT2D eigenvalue weighted by molar-refractivity contribution is 6.01. The van der Waals surface area contributed by atoms with E-state index in [-0.39, 0.29) is 24.9 Å². The number of amides is 2. The molecule has 2 amide bonds. The molecule has 10 nitrogen and oxygen atoms in total. The first-order chi connectivity index (χ1) is 22.3. The van der Waals surface area contributed by atoms with E-state index in [0.717, 1.165) is 0 Å². The quantitative estimate of drug-likeness (QED) is 0.0661. The molecule has 0 unspecified atom stereocenters. The van der Waals surface area contributed by atoms with Crippen molar-refractivity contribution in [1.82, 2.24) is 0 Å². The summed E-state index contributed by atoms with van der Waals surface area (Å²) in [5.74, 6) is 0.697. The number of para-hydroxylation sites is 3. The van der Waals surface area contributed by atoms with Crippen LogP contribution in [0.15, 0.2) is 115 Å². The fourth-order valence-electron chi connectivity index (χ4n) is 4.51. The van der Waals surface area contributed by atoms with Gasteiger partial charge >= 0.3 is 6.09 Å². The number of allylic oxidation sites excluding steroid dienone is 1. The van der Waals surface area contributed by atoms with Crippen LogP contribution in [0, 0.1) is 0 Å². The topological polar surface area (TPSA) is 149 Å². The van der Waals surface area contributed by atoms with E-state index in [1.165, 1.54) is 13.0 Å². The number of benzene rings is 4. The zero-order valence-corrected chi connectivity index (χ0v) is 25.4. The predicted octanol–water partition coefficient (Wildman–Crippen LogP) is 6.56. The molecule has 0 aliphatic rings. The second kappa shape index (κ2) is 17.0. The minimum Gasteiger partial charge on any atom is -0.491 e. The lowest BCUT2D eigenvalue weighted by molar-refractivity contribution is -0.111. The monoisotopic (exact) mass is 623 g/mol. The number of nitrogen functional groups attached to an aromatic ring is 1. The number of ketones is 1. The summed E-state index contributed by atoms with van der Waals surface area (Å²) in [6.45, 7) is 1.48. The number of carbonyl (C=O) groups excluding carboxylic acids is 3. The first kappa shape index (κ1) is 33.3. The smallest absolute Gasteiger partial charge is 0.412 e. The third-order valence-corrected chi connectivity index (χ3v) is 6.81. The number of Topliss-reactive ketones (excluding diaryl/α,β-unsaturated/α-hetero) is 1. The number of ether oxygens (including phenoxy) is 3. The summed E-state index contributed by atoms with van der Waals surface area (Å²) < 4.78 is 17.9. The van der Waals surface area contributed by atoms with Crippen molar-refractivity contribution < 1.29 is 33.7 Å². The largest absolute Gasteiger partial charge is 0.491 e. The average molecular weight is 624 g/mol. The molecule has 0 radical (unpaired) electrons. The summed E-state index contributed by atoms with van der Waals surface area (Å²) in [6, 6.07) is 29.6. The van der Waals surface area contributed by atoms with E-state index in [4.69, 9.17) is 25.1 Å². The minimum atomic E-state index is -0.880. The fraction of sp³-hybridized carbons (Fsp3) is 0.194. The van der Waals surface area contributed by atoms with Crippen LogP contribution in [-0.2, 0) is 9.53 Å². The van der Waals surface area contributed by atoms with Crippen LogP contribution >= 0.6 is 0 Å². The Balaban J connectivity index is 1.55. The summed E-state index contributed by atoms with van der Waals surface area (Å²) >= 11 is 0. The molecule has 46 heavy (non-hydrogen) atoms. The molecular weight excluding hydrogens is 586 g/mol. The van der Waals surface area contributed by atoms with Crippen molar-refractivity contribution >= 4 is 34.8 Å². The Morgan fingerprint density at radius 3 is 2.22 bits per heavy atom. The number of rotatable bonds is 15. The van der Waals surface area contributed by atoms with Crippen molar-refractivity contribution in [1.29, 1.82) is 0 Å². The number of nitrogens with one attached hydrogen (secondary N) is 2. The molecule has 0 saturated heterocycles. The second-order valence-corrected chi connectivity index (χ2v) is 10.3. The first-order valence-corrected chi connectivity index (χ1v) is 14.8. The van der Waals surface area contributed by atoms with Gasteiger partial charge in [0.2, 0.25) is 5.91 Å². The van der Waals surface area contributed by atoms with Crippen LogP contribution in [0.2, 0.25) is 0 Å². The fourth-order valence-corrected chi connectivity index (χ4v) is 4.51. The number of hydrogen-bond acceptors (Lipinski definition) is 8. The number of nitrogens with two attached hydrogens (primary N) is 1. The highest BCUT2D eigenvalue weighted by Crippen LogP contribution is 2.30. The maximum atomic E-state index is 13.2. The van der Waals surface area contributed by atoms with Crippen LogP contribution in [0.5, 0.6) is 11.5 Å². The van der Waals surface area contributed by atoms with E-state index in [9.17, 15) is 14.4 Å². The van der Waals surface area contributed by atoms with Crippen molar-refractivity contribution in [2.24, 2.45) is 0 Å². The summed E-state index contributed by atoms with van der Waals surface area (Å²) in [7, 11) is 0. The zero-order valence-electron chi connectivity index (χ0n) is 25.4. The second-order valence-electron chi connectivity index (χ2n) is 10.3. The minimum absolute atomic E-state index is 0.0859. The predicted molar refractivity (Wildman–Crippen MR) is 177 cm³/mol. The molecule has 4 aromatic carbocycles. The molecule has 0 fully saturated rings. The lowest BCUT2D eigenvalue weighted by atomic mass is 10.00. The molecule has 0 spiro atoms. The summed E-state index contributed by atoms with van der Waals surface area (Å²) in [6.07, 6.45) is 1.66. The highest BCUT2D eigenvalue weighted by Gasteiger charge is 2.29. The number of aliphatic hydroxyl groups is 1. The van der Waals surface area contributed by atoms with Crippen molar-refractivity contribution in [3.63, 3.8) is 0 Å². The molecule has 0 bridgehead atoms. The molecule has 4 aromatic rings. The number of hydrogen-bond donors (Lipinski definition) is 4. The van der Waals surface area contributed by atoms with Crippen molar-refractivity contribution in [2.75, 3.05) is 29.6 Å². The number of carbonyl (C=O) groups is 3. The third-order valence-electron chi connectivity index (χ3n) is 6.81. The summed E-state index contributed by atoms with van der Waals surface area (Å²) in [4.78, 5) is 37.4. The van der Waals surface area contributed by atoms with Gasteiger partial charge < -0.3 is 30.4 Å². The molecule has 0 aliphatic heterocycles. The van der Waals surface area contributed by atoms with Gasteiger partial charge in [0, 0.05) is 11.3 Å². The molecule has 5 N–H and O–H groups in total. The van der Waals surface area contributed by atoms with E-state index in [1.54, 1.807) is 91.0 Å². The lowest BCUT2D eigenvalue weighted by Gasteiger charge is -2.28. The van der Waals surface area contributed by atoms with Crippen LogP contribution in [0.1, 0.15) is 41.8 Å². The van der Waals surface area contributed by atoms with Crippen LogP contribution in [0.3, 0.4) is 0 Å². The molecular formula is C36H37N3O7. The van der Waals surface area contributed by atoms with Crippen molar-refractivity contribution in [2.45, 2.75) is 32.0 Å². The summed E-state index contributed by atoms with van der Waals surface area (Å²) in [5, 5.41) is 14.6. The number of aliphatic hydroxyl groups excluding tert-OH is 1. The Morgan fingerprint density at radius 2 is 1.54 bits per heavy atom. The lowest BCUT2D eigenvalue weighted by Crippen LogP contribution is -2.31. The van der Waals surface area contributed by atoms with E-state index in [2.05, 4.69) is 10.6 Å². The van der Waals surface area contributed by atoms with Gasteiger partial charge in [0.05, 0.1) is 18.0 Å². The maximum Gasteiger partial charge on any atom is 0.412 e. The van der Waals surface area contributed by atoms with Gasteiger partial charge in [-0.15, -0.1) is 0 Å². The zero-order chi connectivity index (χ0) is 32.7. The Hall–Kier alpha value is -5.61. The number of anilines is 3. The van der Waals surface area contributed by atoms with Gasteiger partial charge in [0.1, 0.15) is 24.2 Å². The Labute approximate surface area is 267 Å². The van der Waals surface area contributed by atoms with Crippen LogP contribution in [0.25, 0.3) is 0 Å². The Bertz CT molecular complexity index is 1610. The van der Waals surface area contributed by atoms with E-state index in [0.29, 0.717) is 52.5 Å². The van der Waals surface area contributed by atoms with Gasteiger partial charge in [-0.1, -0.05) is 48.5 Å². The van der Waals surface area contributed by atoms with Gasteiger partial charge in [-0.05, 0) is 92.1 Å². The molecule has 0 aromatic heterocycles. The van der Waals surface area contributed by atoms with Gasteiger partial charge in [-0.2, -0.15) is 0 Å². The standard InChI is InChI=1S/C36H37N3O7/c1-25(41)26-15-19-28(20-16-26)38-36(43)46-35(27-17-21-29(22-18-27)44-24-23-40)33(45-30-9-3-2-4-10-30)13-7-8-14-34(42)39-32-12-6-5-11-31(32)37/h2-6,8-12,14-22,33,35,40H,7,13,23-24,37H2,1H3,(H,38,43)(H,39,42)/b14-8+/t33-,35-/m0/s1. The average Bonchev–Trinajstić information content (AvgIpc) is 3.06. The van der Waals surface area contributed by atoms with Gasteiger partial charge in [0.25, 0.3) is 0 Å². The summed E-state index contributed by atoms with van der Waals surface area (Å²) in [5.41, 5.74) is 8.52. The third kappa shape index (κ3) is 10.2. The molecule has 0 saturated carbocycles. The van der Waals surface area contributed by atoms with Gasteiger partial charge in [0.15, 0.2) is 11.9 Å². The molecule has 4 rings (SSSR count). The van der Waals surface area contributed by atoms with E-state index >= 15 is 0 Å². The highest BCUT2D eigenvalue weighted by atomic mass is 16.6. The molecule has 238 valence electrons. The van der Waals surface area contributed by atoms with E-state index in [1.807, 2.05) is 18.2 Å². The normalized spacial score (nSPS) is 12.1. The van der Waals surface area contributed by atoms with E-state index < -0.39 is 18.3 Å². The molecule has 0 heterocycles. The first-order valence-electron chi connectivity index (χ1n) is 14.8. The molecule has 2 atom stereocenters. The van der Waals surface area contributed by atoms with Gasteiger partial charge in [-0.25, -0.2) is 4.79 Å². The maximum absolute atomic E-state index is 13.2.